The van der Waals surface area contributed by atoms with Crippen LogP contribution in [0.1, 0.15) is 24.8 Å². The number of halogens is 1. The zero-order chi connectivity index (χ0) is 23.7. The van der Waals surface area contributed by atoms with E-state index in [4.69, 9.17) is 4.42 Å². The molecular formula is C27H24FNO4S. The minimum atomic E-state index is -3.90. The topological polar surface area (TPSA) is 67.6 Å². The van der Waals surface area contributed by atoms with E-state index in [0.29, 0.717) is 36.8 Å². The lowest BCUT2D eigenvalue weighted by Crippen LogP contribution is -2.40. The lowest BCUT2D eigenvalue weighted by molar-refractivity contribution is -0.122. The highest BCUT2D eigenvalue weighted by molar-refractivity contribution is 7.89. The molecule has 1 atom stereocenters. The average Bonchev–Trinajstić information content (AvgIpc) is 3.52. The number of Topliss-reactive ketones (excluding diaryl/α,β-unsaturated/α-hetero) is 1. The Kier molecular flexibility index (Phi) is 6.06. The molecular weight excluding hydrogens is 453 g/mol. The number of furan rings is 1. The van der Waals surface area contributed by atoms with Crippen molar-refractivity contribution in [3.63, 3.8) is 0 Å². The van der Waals surface area contributed by atoms with Gasteiger partial charge in [-0.2, -0.15) is 4.31 Å². The molecule has 0 amide bonds. The number of benzene rings is 3. The van der Waals surface area contributed by atoms with Crippen LogP contribution in [0, 0.1) is 5.82 Å². The van der Waals surface area contributed by atoms with E-state index in [1.807, 2.05) is 30.3 Å². The van der Waals surface area contributed by atoms with E-state index in [2.05, 4.69) is 0 Å². The Labute approximate surface area is 197 Å². The molecule has 3 aromatic carbocycles. The van der Waals surface area contributed by atoms with Gasteiger partial charge in [-0.1, -0.05) is 54.6 Å². The molecule has 0 bridgehead atoms. The number of fused-ring (bicyclic) bond motifs is 1. The molecule has 5 nitrogen and oxygen atoms in total. The van der Waals surface area contributed by atoms with Gasteiger partial charge in [-0.05, 0) is 54.2 Å². The molecule has 0 saturated carbocycles. The predicted molar refractivity (Wildman–Crippen MR) is 128 cm³/mol. The largest absolute Gasteiger partial charge is 0.443 e. The maximum Gasteiger partial charge on any atom is 0.277 e. The maximum absolute atomic E-state index is 13.2. The highest BCUT2D eigenvalue weighted by Crippen LogP contribution is 2.31. The van der Waals surface area contributed by atoms with Gasteiger partial charge in [0, 0.05) is 24.4 Å². The molecule has 1 fully saturated rings. The van der Waals surface area contributed by atoms with E-state index in [0.717, 1.165) is 16.7 Å². The molecule has 174 valence electrons. The number of aryl methyl sites for hydroxylation is 1. The van der Waals surface area contributed by atoms with Crippen LogP contribution < -0.4 is 0 Å². The molecule has 7 heteroatoms. The van der Waals surface area contributed by atoms with Gasteiger partial charge in [0.05, 0.1) is 6.04 Å². The Morgan fingerprint density at radius 1 is 0.971 bits per heavy atom. The fourth-order valence-corrected chi connectivity index (χ4v) is 6.12. The van der Waals surface area contributed by atoms with Crippen LogP contribution in [0.5, 0.6) is 0 Å². The van der Waals surface area contributed by atoms with E-state index < -0.39 is 16.1 Å². The summed E-state index contributed by atoms with van der Waals surface area (Å²) in [7, 11) is -3.90. The monoisotopic (exact) mass is 477 g/mol. The first-order chi connectivity index (χ1) is 16.4. The normalized spacial score (nSPS) is 16.8. The van der Waals surface area contributed by atoms with E-state index in [9.17, 15) is 17.6 Å². The zero-order valence-corrected chi connectivity index (χ0v) is 19.3. The summed E-state index contributed by atoms with van der Waals surface area (Å²) in [5.41, 5.74) is 3.38. The third-order valence-electron chi connectivity index (χ3n) is 6.33. The van der Waals surface area contributed by atoms with Gasteiger partial charge >= 0.3 is 0 Å². The Bertz CT molecular complexity index is 1390. The highest BCUT2D eigenvalue weighted by Gasteiger charge is 2.40. The Morgan fingerprint density at radius 3 is 2.35 bits per heavy atom. The van der Waals surface area contributed by atoms with Gasteiger partial charge < -0.3 is 4.42 Å². The summed E-state index contributed by atoms with van der Waals surface area (Å²) in [5.74, 6) is -0.359. The maximum atomic E-state index is 13.2. The quantitative estimate of drug-likeness (QED) is 0.348. The molecule has 1 aliphatic heterocycles. The molecule has 34 heavy (non-hydrogen) atoms. The number of carbonyl (C=O) groups excluding carboxylic acids is 1. The molecule has 5 rings (SSSR count). The van der Waals surface area contributed by atoms with Gasteiger partial charge in [0.1, 0.15) is 11.4 Å². The zero-order valence-electron chi connectivity index (χ0n) is 18.5. The number of nitrogens with zero attached hydrogens (tertiary/aromatic N) is 1. The van der Waals surface area contributed by atoms with Gasteiger partial charge in [0.2, 0.25) is 5.09 Å². The van der Waals surface area contributed by atoms with E-state index in [1.165, 1.54) is 22.5 Å². The summed E-state index contributed by atoms with van der Waals surface area (Å²) in [6.45, 7) is 0.308. The van der Waals surface area contributed by atoms with E-state index in [1.54, 1.807) is 30.3 Å². The number of rotatable bonds is 7. The highest BCUT2D eigenvalue weighted by atomic mass is 32.2. The van der Waals surface area contributed by atoms with Crippen LogP contribution in [-0.2, 0) is 21.2 Å². The molecule has 0 aliphatic carbocycles. The van der Waals surface area contributed by atoms with Crippen molar-refractivity contribution in [3.05, 3.63) is 90.2 Å². The van der Waals surface area contributed by atoms with Gasteiger partial charge in [-0.15, -0.1) is 0 Å². The van der Waals surface area contributed by atoms with Crippen molar-refractivity contribution in [3.8, 4) is 11.1 Å². The molecule has 0 radical (unpaired) electrons. The Balaban J connectivity index is 1.26. The summed E-state index contributed by atoms with van der Waals surface area (Å²) in [5, 5.41) is 0.594. The first kappa shape index (κ1) is 22.5. The molecule has 2 heterocycles. The number of sulfonamides is 1. The minimum absolute atomic E-state index is 0.0835. The van der Waals surface area contributed by atoms with E-state index >= 15 is 0 Å². The lowest BCUT2D eigenvalue weighted by atomic mass is 9.99. The van der Waals surface area contributed by atoms with Gasteiger partial charge in [0.25, 0.3) is 10.0 Å². The molecule has 0 unspecified atom stereocenters. The van der Waals surface area contributed by atoms with Crippen molar-refractivity contribution in [2.75, 3.05) is 6.54 Å². The molecule has 0 N–H and O–H groups in total. The third-order valence-corrected chi connectivity index (χ3v) is 8.10. The molecule has 4 aromatic rings. The molecule has 1 aliphatic rings. The first-order valence-electron chi connectivity index (χ1n) is 11.3. The molecule has 1 saturated heterocycles. The van der Waals surface area contributed by atoms with Crippen LogP contribution in [-0.4, -0.2) is 31.1 Å². The van der Waals surface area contributed by atoms with Crippen LogP contribution in [0.3, 0.4) is 0 Å². The van der Waals surface area contributed by atoms with E-state index in [-0.39, 0.29) is 23.1 Å². The third kappa shape index (κ3) is 4.41. The van der Waals surface area contributed by atoms with Crippen LogP contribution in [0.15, 0.2) is 88.4 Å². The van der Waals surface area contributed by atoms with Crippen LogP contribution in [0.25, 0.3) is 22.1 Å². The second-order valence-corrected chi connectivity index (χ2v) is 10.4. The smallest absolute Gasteiger partial charge is 0.277 e. The number of ketones is 1. The number of para-hydroxylation sites is 1. The van der Waals surface area contributed by atoms with Crippen molar-refractivity contribution in [2.24, 2.45) is 0 Å². The number of carbonyl (C=O) groups is 1. The SMILES string of the molecule is O=C(CCc1ccc(-c2ccc(F)cc2)cc1)[C@@H]1CCCN1S(=O)(=O)c1cc2ccccc2o1. The summed E-state index contributed by atoms with van der Waals surface area (Å²) in [6.07, 6.45) is 1.94. The number of hydrogen-bond acceptors (Lipinski definition) is 4. The summed E-state index contributed by atoms with van der Waals surface area (Å²) >= 11 is 0. The lowest BCUT2D eigenvalue weighted by Gasteiger charge is -2.21. The second-order valence-electron chi connectivity index (χ2n) is 8.55. The standard InChI is InChI=1S/C27H24FNO4S/c28-23-14-12-21(13-15-23)20-10-7-19(8-11-20)9-16-25(30)24-5-3-17-29(24)34(31,32)27-18-22-4-1-2-6-26(22)33-27/h1-2,4,6-8,10-15,18,24H,3,5,9,16-17H2/t24-/m0/s1. The fraction of sp³-hybridized carbons (Fsp3) is 0.222. The molecule has 0 spiro atoms. The predicted octanol–water partition coefficient (Wildman–Crippen LogP) is 5.59. The van der Waals surface area contributed by atoms with Gasteiger partial charge in [0.15, 0.2) is 5.78 Å². The van der Waals surface area contributed by atoms with Gasteiger partial charge in [-0.25, -0.2) is 12.8 Å². The summed E-state index contributed by atoms with van der Waals surface area (Å²) in [6, 6.07) is 22.1. The first-order valence-corrected chi connectivity index (χ1v) is 12.7. The van der Waals surface area contributed by atoms with Crippen molar-refractivity contribution in [2.45, 2.75) is 36.8 Å². The van der Waals surface area contributed by atoms with Gasteiger partial charge in [-0.3, -0.25) is 4.79 Å². The Hall–Kier alpha value is -3.29. The van der Waals surface area contributed by atoms with Crippen LogP contribution in [0.4, 0.5) is 4.39 Å². The van der Waals surface area contributed by atoms with Crippen molar-refractivity contribution in [1.29, 1.82) is 0 Å². The number of hydrogen-bond donors (Lipinski definition) is 0. The fourth-order valence-electron chi connectivity index (χ4n) is 4.49. The average molecular weight is 478 g/mol. The minimum Gasteiger partial charge on any atom is -0.443 e. The van der Waals surface area contributed by atoms with Crippen molar-refractivity contribution >= 4 is 26.8 Å². The van der Waals surface area contributed by atoms with Crippen LogP contribution in [0.2, 0.25) is 0 Å². The van der Waals surface area contributed by atoms with Crippen molar-refractivity contribution < 1.29 is 22.0 Å². The summed E-state index contributed by atoms with van der Waals surface area (Å²) < 4.78 is 46.5. The van der Waals surface area contributed by atoms with Crippen LogP contribution >= 0.6 is 0 Å². The second kappa shape index (κ2) is 9.16. The Morgan fingerprint density at radius 2 is 1.65 bits per heavy atom. The summed E-state index contributed by atoms with van der Waals surface area (Å²) in [4.78, 5) is 13.0. The molecule has 1 aromatic heterocycles. The van der Waals surface area contributed by atoms with Crippen molar-refractivity contribution in [1.82, 2.24) is 4.31 Å².